The molecule has 1 aliphatic rings. The highest BCUT2D eigenvalue weighted by Crippen LogP contribution is 2.36. The van der Waals surface area contributed by atoms with Crippen LogP contribution in [0.5, 0.6) is 0 Å². The topological polar surface area (TPSA) is 32.3 Å². The zero-order chi connectivity index (χ0) is 10.6. The van der Waals surface area contributed by atoms with E-state index in [1.54, 1.807) is 0 Å². The van der Waals surface area contributed by atoms with E-state index in [0.717, 1.165) is 25.3 Å². The van der Waals surface area contributed by atoms with Gasteiger partial charge in [-0.2, -0.15) is 0 Å². The van der Waals surface area contributed by atoms with Crippen molar-refractivity contribution in [2.45, 2.75) is 64.5 Å². The average Bonchev–Trinajstić information content (AvgIpc) is 2.18. The molecule has 2 nitrogen and oxygen atoms in total. The first-order chi connectivity index (χ1) is 6.62. The lowest BCUT2D eigenvalue weighted by atomic mass is 9.74. The van der Waals surface area contributed by atoms with Crippen LogP contribution in [0.2, 0.25) is 0 Å². The normalized spacial score (nSPS) is 35.6. The quantitative estimate of drug-likeness (QED) is 0.728. The first-order valence-corrected chi connectivity index (χ1v) is 6.08. The van der Waals surface area contributed by atoms with Crippen LogP contribution in [0.25, 0.3) is 0 Å². The van der Waals surface area contributed by atoms with Crippen LogP contribution in [0.15, 0.2) is 0 Å². The molecular weight excluding hydrogens is 174 g/mol. The summed E-state index contributed by atoms with van der Waals surface area (Å²) in [5.74, 6) is 0.731. The molecule has 1 fully saturated rings. The second-order valence-corrected chi connectivity index (χ2v) is 4.75. The maximum Gasteiger partial charge on any atom is 0.0799 e. The van der Waals surface area contributed by atoms with Crippen molar-refractivity contribution >= 4 is 0 Å². The number of rotatable bonds is 4. The molecule has 1 saturated carbocycles. The number of hydrogen-bond acceptors (Lipinski definition) is 2. The Bertz CT molecular complexity index is 172. The third kappa shape index (κ3) is 2.71. The molecule has 0 amide bonds. The van der Waals surface area contributed by atoms with Crippen LogP contribution in [-0.2, 0) is 0 Å². The number of hydrogen-bond donors (Lipinski definition) is 2. The maximum absolute atomic E-state index is 10.5. The zero-order valence-corrected chi connectivity index (χ0v) is 9.84. The van der Waals surface area contributed by atoms with Gasteiger partial charge < -0.3 is 10.4 Å². The summed E-state index contributed by atoms with van der Waals surface area (Å²) in [5, 5.41) is 13.9. The molecule has 3 atom stereocenters. The van der Waals surface area contributed by atoms with Crippen LogP contribution in [0.4, 0.5) is 0 Å². The third-order valence-electron chi connectivity index (χ3n) is 3.76. The fourth-order valence-corrected chi connectivity index (χ4v) is 2.64. The maximum atomic E-state index is 10.5. The predicted molar refractivity (Wildman–Crippen MR) is 60.3 cm³/mol. The van der Waals surface area contributed by atoms with Crippen molar-refractivity contribution in [2.24, 2.45) is 5.92 Å². The Morgan fingerprint density at radius 1 is 1.50 bits per heavy atom. The van der Waals surface area contributed by atoms with Crippen molar-refractivity contribution in [3.8, 4) is 0 Å². The van der Waals surface area contributed by atoms with Crippen LogP contribution in [-0.4, -0.2) is 23.3 Å². The molecule has 14 heavy (non-hydrogen) atoms. The van der Waals surface area contributed by atoms with Gasteiger partial charge in [-0.05, 0) is 32.2 Å². The standard InChI is InChI=1S/C12H25NO/c1-4-11-7-6-8-12(14,9-11)10(3)13-5-2/h10-11,13-14H,4-9H2,1-3H3. The summed E-state index contributed by atoms with van der Waals surface area (Å²) in [7, 11) is 0. The fourth-order valence-electron chi connectivity index (χ4n) is 2.64. The van der Waals surface area contributed by atoms with E-state index in [1.165, 1.54) is 19.3 Å². The van der Waals surface area contributed by atoms with Gasteiger partial charge in [-0.25, -0.2) is 0 Å². The highest BCUT2D eigenvalue weighted by Gasteiger charge is 2.37. The summed E-state index contributed by atoms with van der Waals surface area (Å²) in [4.78, 5) is 0. The van der Waals surface area contributed by atoms with E-state index in [-0.39, 0.29) is 6.04 Å². The third-order valence-corrected chi connectivity index (χ3v) is 3.76. The summed E-state index contributed by atoms with van der Waals surface area (Å²) in [6.45, 7) is 7.39. The van der Waals surface area contributed by atoms with Gasteiger partial charge in [-0.1, -0.05) is 33.1 Å². The fraction of sp³-hybridized carbons (Fsp3) is 1.00. The second-order valence-electron chi connectivity index (χ2n) is 4.75. The highest BCUT2D eigenvalue weighted by atomic mass is 16.3. The van der Waals surface area contributed by atoms with Crippen molar-refractivity contribution in [1.82, 2.24) is 5.32 Å². The SMILES string of the molecule is CCNC(C)C1(O)CCCC(CC)C1. The molecule has 0 aromatic rings. The minimum absolute atomic E-state index is 0.238. The van der Waals surface area contributed by atoms with Crippen molar-refractivity contribution in [3.63, 3.8) is 0 Å². The Balaban J connectivity index is 2.53. The molecule has 0 radical (unpaired) electrons. The van der Waals surface area contributed by atoms with Crippen molar-refractivity contribution in [2.75, 3.05) is 6.54 Å². The number of likely N-dealkylation sites (N-methyl/N-ethyl adjacent to an activating group) is 1. The lowest BCUT2D eigenvalue weighted by Crippen LogP contribution is -2.51. The van der Waals surface area contributed by atoms with Crippen LogP contribution in [0, 0.1) is 5.92 Å². The second kappa shape index (κ2) is 5.13. The van der Waals surface area contributed by atoms with Crippen LogP contribution in [0.3, 0.4) is 0 Å². The lowest BCUT2D eigenvalue weighted by molar-refractivity contribution is -0.0426. The van der Waals surface area contributed by atoms with Crippen molar-refractivity contribution in [3.05, 3.63) is 0 Å². The Kier molecular flexibility index (Phi) is 4.39. The van der Waals surface area contributed by atoms with E-state index < -0.39 is 5.60 Å². The molecule has 3 unspecified atom stereocenters. The van der Waals surface area contributed by atoms with Crippen LogP contribution < -0.4 is 5.32 Å². The molecule has 84 valence electrons. The molecule has 0 aliphatic heterocycles. The summed E-state index contributed by atoms with van der Waals surface area (Å²) in [6, 6.07) is 0.238. The van der Waals surface area contributed by atoms with E-state index >= 15 is 0 Å². The van der Waals surface area contributed by atoms with E-state index in [9.17, 15) is 5.11 Å². The van der Waals surface area contributed by atoms with Gasteiger partial charge in [0.15, 0.2) is 0 Å². The Morgan fingerprint density at radius 2 is 2.21 bits per heavy atom. The van der Waals surface area contributed by atoms with Crippen molar-refractivity contribution < 1.29 is 5.11 Å². The number of aliphatic hydroxyl groups is 1. The van der Waals surface area contributed by atoms with Crippen LogP contribution in [0.1, 0.15) is 52.9 Å². The number of nitrogens with one attached hydrogen (secondary N) is 1. The molecule has 1 aliphatic carbocycles. The van der Waals surface area contributed by atoms with Gasteiger partial charge in [0, 0.05) is 6.04 Å². The van der Waals surface area contributed by atoms with Gasteiger partial charge >= 0.3 is 0 Å². The monoisotopic (exact) mass is 199 g/mol. The predicted octanol–water partition coefficient (Wildman–Crippen LogP) is 2.32. The summed E-state index contributed by atoms with van der Waals surface area (Å²) < 4.78 is 0. The molecular formula is C12H25NO. The van der Waals surface area contributed by atoms with Gasteiger partial charge in [0.1, 0.15) is 0 Å². The average molecular weight is 199 g/mol. The van der Waals surface area contributed by atoms with E-state index in [0.29, 0.717) is 0 Å². The first kappa shape index (κ1) is 12.0. The summed E-state index contributed by atoms with van der Waals surface area (Å²) >= 11 is 0. The zero-order valence-electron chi connectivity index (χ0n) is 9.84. The summed E-state index contributed by atoms with van der Waals surface area (Å²) in [5.41, 5.74) is -0.449. The minimum atomic E-state index is -0.449. The highest BCUT2D eigenvalue weighted by molar-refractivity contribution is 4.93. The molecule has 1 rings (SSSR count). The van der Waals surface area contributed by atoms with E-state index in [1.807, 2.05) is 0 Å². The van der Waals surface area contributed by atoms with Crippen molar-refractivity contribution in [1.29, 1.82) is 0 Å². The largest absolute Gasteiger partial charge is 0.388 e. The van der Waals surface area contributed by atoms with Gasteiger partial charge in [0.05, 0.1) is 5.60 Å². The Morgan fingerprint density at radius 3 is 2.79 bits per heavy atom. The molecule has 0 spiro atoms. The first-order valence-electron chi connectivity index (χ1n) is 6.08. The molecule has 2 N–H and O–H groups in total. The molecule has 0 aromatic heterocycles. The van der Waals surface area contributed by atoms with Gasteiger partial charge in [0.25, 0.3) is 0 Å². The summed E-state index contributed by atoms with van der Waals surface area (Å²) in [6.07, 6.45) is 5.65. The minimum Gasteiger partial charge on any atom is -0.388 e. The van der Waals surface area contributed by atoms with Gasteiger partial charge in [-0.3, -0.25) is 0 Å². The molecule has 0 aromatic carbocycles. The molecule has 0 saturated heterocycles. The smallest absolute Gasteiger partial charge is 0.0799 e. The Hall–Kier alpha value is -0.0800. The van der Waals surface area contributed by atoms with E-state index in [4.69, 9.17) is 0 Å². The molecule has 2 heteroatoms. The van der Waals surface area contributed by atoms with E-state index in [2.05, 4.69) is 26.1 Å². The Labute approximate surface area is 88.1 Å². The van der Waals surface area contributed by atoms with Gasteiger partial charge in [-0.15, -0.1) is 0 Å². The molecule has 0 heterocycles. The van der Waals surface area contributed by atoms with Gasteiger partial charge in [0.2, 0.25) is 0 Å². The lowest BCUT2D eigenvalue weighted by Gasteiger charge is -2.41. The van der Waals surface area contributed by atoms with Crippen LogP contribution >= 0.6 is 0 Å². The molecule has 0 bridgehead atoms.